The molecule has 27 heavy (non-hydrogen) atoms. The van der Waals surface area contributed by atoms with Crippen molar-refractivity contribution in [1.82, 2.24) is 5.32 Å². The molecule has 2 aromatic carbocycles. The normalized spacial score (nSPS) is 12.3. The number of primary sulfonamides is 1. The van der Waals surface area contributed by atoms with E-state index in [-0.39, 0.29) is 15.5 Å². The number of rotatable bonds is 7. The third kappa shape index (κ3) is 6.06. The van der Waals surface area contributed by atoms with Gasteiger partial charge in [0.25, 0.3) is 5.91 Å². The SMILES string of the molecule is CC(OC(=O)c1cc(S(N)(=O)=O)ccc1Cl)C(=O)NCCc1ccccc1. The summed E-state index contributed by atoms with van der Waals surface area (Å²) in [4.78, 5) is 24.0. The van der Waals surface area contributed by atoms with Crippen molar-refractivity contribution in [3.8, 4) is 0 Å². The molecule has 0 aliphatic rings. The van der Waals surface area contributed by atoms with Gasteiger partial charge < -0.3 is 10.1 Å². The summed E-state index contributed by atoms with van der Waals surface area (Å²) in [6, 6.07) is 13.0. The Morgan fingerprint density at radius 2 is 1.85 bits per heavy atom. The first-order valence-electron chi connectivity index (χ1n) is 8.03. The maximum absolute atomic E-state index is 12.2. The minimum absolute atomic E-state index is 0.0101. The zero-order chi connectivity index (χ0) is 20.0. The van der Waals surface area contributed by atoms with E-state index in [0.29, 0.717) is 13.0 Å². The Hall–Kier alpha value is -2.42. The fraction of sp³-hybridized carbons (Fsp3) is 0.222. The van der Waals surface area contributed by atoms with Crippen molar-refractivity contribution >= 4 is 33.5 Å². The number of hydrogen-bond donors (Lipinski definition) is 2. The first kappa shape index (κ1) is 20.9. The molecule has 1 unspecified atom stereocenters. The first-order valence-corrected chi connectivity index (χ1v) is 9.96. The van der Waals surface area contributed by atoms with Crippen molar-refractivity contribution in [2.75, 3.05) is 6.54 Å². The van der Waals surface area contributed by atoms with Crippen LogP contribution in [0.15, 0.2) is 53.4 Å². The minimum atomic E-state index is -4.00. The van der Waals surface area contributed by atoms with Crippen LogP contribution in [0.5, 0.6) is 0 Å². The fourth-order valence-corrected chi connectivity index (χ4v) is 2.97. The van der Waals surface area contributed by atoms with Gasteiger partial charge in [-0.3, -0.25) is 4.79 Å². The molecule has 0 aliphatic heterocycles. The van der Waals surface area contributed by atoms with Gasteiger partial charge in [0.2, 0.25) is 10.0 Å². The molecule has 0 saturated carbocycles. The predicted octanol–water partition coefficient (Wildman–Crippen LogP) is 1.89. The molecule has 0 aromatic heterocycles. The number of carbonyl (C=O) groups excluding carboxylic acids is 2. The lowest BCUT2D eigenvalue weighted by Gasteiger charge is -2.14. The molecule has 0 fully saturated rings. The molecule has 144 valence electrons. The van der Waals surface area contributed by atoms with Gasteiger partial charge in [-0.25, -0.2) is 18.4 Å². The van der Waals surface area contributed by atoms with Crippen molar-refractivity contribution in [3.05, 3.63) is 64.7 Å². The van der Waals surface area contributed by atoms with Gasteiger partial charge >= 0.3 is 5.97 Å². The first-order chi connectivity index (χ1) is 12.7. The van der Waals surface area contributed by atoms with Crippen LogP contribution in [0, 0.1) is 0 Å². The number of nitrogens with one attached hydrogen (secondary N) is 1. The van der Waals surface area contributed by atoms with Crippen LogP contribution in [-0.4, -0.2) is 32.9 Å². The smallest absolute Gasteiger partial charge is 0.340 e. The Bertz CT molecular complexity index is 932. The van der Waals surface area contributed by atoms with E-state index in [1.165, 1.54) is 19.1 Å². The van der Waals surface area contributed by atoms with Gasteiger partial charge in [0.1, 0.15) is 0 Å². The summed E-state index contributed by atoms with van der Waals surface area (Å²) in [6.07, 6.45) is -0.447. The highest BCUT2D eigenvalue weighted by molar-refractivity contribution is 7.89. The summed E-state index contributed by atoms with van der Waals surface area (Å²) < 4.78 is 27.9. The molecule has 0 radical (unpaired) electrons. The van der Waals surface area contributed by atoms with Crippen molar-refractivity contribution in [3.63, 3.8) is 0 Å². The Balaban J connectivity index is 1.95. The lowest BCUT2D eigenvalue weighted by molar-refractivity contribution is -0.129. The number of hydrogen-bond acceptors (Lipinski definition) is 5. The Morgan fingerprint density at radius 3 is 2.48 bits per heavy atom. The molecule has 0 bridgehead atoms. The zero-order valence-electron chi connectivity index (χ0n) is 14.5. The number of benzene rings is 2. The second-order valence-corrected chi connectivity index (χ2v) is 7.73. The van der Waals surface area contributed by atoms with Gasteiger partial charge in [-0.05, 0) is 37.1 Å². The van der Waals surface area contributed by atoms with Crippen molar-refractivity contribution in [1.29, 1.82) is 0 Å². The third-order valence-electron chi connectivity index (χ3n) is 3.70. The summed E-state index contributed by atoms with van der Waals surface area (Å²) in [6.45, 7) is 1.79. The van der Waals surface area contributed by atoms with E-state index >= 15 is 0 Å². The minimum Gasteiger partial charge on any atom is -0.449 e. The fourth-order valence-electron chi connectivity index (χ4n) is 2.23. The van der Waals surface area contributed by atoms with E-state index in [0.717, 1.165) is 11.6 Å². The number of esters is 1. The summed E-state index contributed by atoms with van der Waals surface area (Å²) in [5, 5.41) is 7.70. The highest BCUT2D eigenvalue weighted by atomic mass is 35.5. The van der Waals surface area contributed by atoms with Crippen LogP contribution in [0.2, 0.25) is 5.02 Å². The second-order valence-electron chi connectivity index (χ2n) is 5.76. The standard InChI is InChI=1S/C18H19ClN2O5S/c1-12(17(22)21-10-9-13-5-3-2-4-6-13)26-18(23)15-11-14(27(20,24)25)7-8-16(15)19/h2-8,11-12H,9-10H2,1H3,(H,21,22)(H2,20,24,25). The quantitative estimate of drug-likeness (QED) is 0.676. The van der Waals surface area contributed by atoms with Gasteiger partial charge in [-0.1, -0.05) is 41.9 Å². The number of carbonyl (C=O) groups is 2. The Morgan fingerprint density at radius 1 is 1.19 bits per heavy atom. The molecule has 2 aromatic rings. The topological polar surface area (TPSA) is 116 Å². The van der Waals surface area contributed by atoms with Crippen LogP contribution < -0.4 is 10.5 Å². The average molecular weight is 411 g/mol. The molecule has 0 aliphatic carbocycles. The van der Waals surface area contributed by atoms with Crippen LogP contribution in [0.3, 0.4) is 0 Å². The summed E-state index contributed by atoms with van der Waals surface area (Å²) >= 11 is 5.92. The van der Waals surface area contributed by atoms with Crippen LogP contribution in [0.4, 0.5) is 0 Å². The third-order valence-corrected chi connectivity index (χ3v) is 4.94. The van der Waals surface area contributed by atoms with Gasteiger partial charge in [0.15, 0.2) is 6.10 Å². The number of sulfonamides is 1. The van der Waals surface area contributed by atoms with E-state index < -0.39 is 28.0 Å². The molecule has 0 saturated heterocycles. The van der Waals surface area contributed by atoms with E-state index in [2.05, 4.69) is 5.32 Å². The molecule has 9 heteroatoms. The van der Waals surface area contributed by atoms with Crippen molar-refractivity contribution in [2.45, 2.75) is 24.3 Å². The van der Waals surface area contributed by atoms with Crippen LogP contribution >= 0.6 is 11.6 Å². The van der Waals surface area contributed by atoms with Crippen LogP contribution in [0.1, 0.15) is 22.8 Å². The summed E-state index contributed by atoms with van der Waals surface area (Å²) in [7, 11) is -4.00. The van der Waals surface area contributed by atoms with Crippen molar-refractivity contribution < 1.29 is 22.7 Å². The molecular weight excluding hydrogens is 392 g/mol. The maximum Gasteiger partial charge on any atom is 0.340 e. The van der Waals surface area contributed by atoms with Gasteiger partial charge in [-0.15, -0.1) is 0 Å². The van der Waals surface area contributed by atoms with Crippen LogP contribution in [-0.2, 0) is 26.0 Å². The predicted molar refractivity (Wildman–Crippen MR) is 101 cm³/mol. The number of halogens is 1. The van der Waals surface area contributed by atoms with Gasteiger partial charge in [0.05, 0.1) is 15.5 Å². The Labute approximate surface area is 162 Å². The average Bonchev–Trinajstić information content (AvgIpc) is 2.61. The zero-order valence-corrected chi connectivity index (χ0v) is 16.1. The Kier molecular flexibility index (Phi) is 6.95. The number of amides is 1. The maximum atomic E-state index is 12.2. The highest BCUT2D eigenvalue weighted by Gasteiger charge is 2.22. The molecular formula is C18H19ClN2O5S. The van der Waals surface area contributed by atoms with Crippen molar-refractivity contribution in [2.24, 2.45) is 5.14 Å². The largest absolute Gasteiger partial charge is 0.449 e. The highest BCUT2D eigenvalue weighted by Crippen LogP contribution is 2.21. The van der Waals surface area contributed by atoms with E-state index in [9.17, 15) is 18.0 Å². The summed E-state index contributed by atoms with van der Waals surface area (Å²) in [5.74, 6) is -1.39. The monoisotopic (exact) mass is 410 g/mol. The molecule has 2 rings (SSSR count). The van der Waals surface area contributed by atoms with Gasteiger partial charge in [-0.2, -0.15) is 0 Å². The lowest BCUT2D eigenvalue weighted by atomic mass is 10.1. The molecule has 0 heterocycles. The van der Waals surface area contributed by atoms with E-state index in [1.54, 1.807) is 0 Å². The lowest BCUT2D eigenvalue weighted by Crippen LogP contribution is -2.37. The molecule has 7 nitrogen and oxygen atoms in total. The molecule has 1 amide bonds. The molecule has 0 spiro atoms. The van der Waals surface area contributed by atoms with E-state index in [1.807, 2.05) is 30.3 Å². The second kappa shape index (κ2) is 8.98. The molecule has 1 atom stereocenters. The van der Waals surface area contributed by atoms with E-state index in [4.69, 9.17) is 21.5 Å². The molecule has 3 N–H and O–H groups in total. The number of nitrogens with two attached hydrogens (primary N) is 1. The van der Waals surface area contributed by atoms with Crippen LogP contribution in [0.25, 0.3) is 0 Å². The number of ether oxygens (including phenoxy) is 1. The van der Waals surface area contributed by atoms with Gasteiger partial charge in [0, 0.05) is 6.54 Å². The summed E-state index contributed by atoms with van der Waals surface area (Å²) in [5.41, 5.74) is 0.876.